The Bertz CT molecular complexity index is 712. The third-order valence-electron chi connectivity index (χ3n) is 5.19. The normalized spacial score (nSPS) is 23.2. The zero-order chi connectivity index (χ0) is 17.9. The van der Waals surface area contributed by atoms with E-state index < -0.39 is 9.84 Å². The third kappa shape index (κ3) is 4.32. The van der Waals surface area contributed by atoms with Crippen LogP contribution in [-0.2, 0) is 9.84 Å². The Balaban J connectivity index is 1.78. The lowest BCUT2D eigenvalue weighted by Gasteiger charge is -2.28. The van der Waals surface area contributed by atoms with Crippen LogP contribution < -0.4 is 4.90 Å². The second-order valence-corrected chi connectivity index (χ2v) is 9.21. The van der Waals surface area contributed by atoms with Crippen molar-refractivity contribution in [3.05, 3.63) is 24.0 Å². The largest absolute Gasteiger partial charge is 0.370 e. The molecule has 0 aromatic carbocycles. The number of anilines is 1. The first-order valence-electron chi connectivity index (χ1n) is 9.21. The van der Waals surface area contributed by atoms with Gasteiger partial charge in [-0.1, -0.05) is 12.8 Å². The molecule has 138 valence electrons. The van der Waals surface area contributed by atoms with Crippen LogP contribution in [0.5, 0.6) is 0 Å². The maximum Gasteiger partial charge on any atom is 0.255 e. The highest BCUT2D eigenvalue weighted by molar-refractivity contribution is 7.91. The molecule has 1 amide bonds. The zero-order valence-electron chi connectivity index (χ0n) is 14.9. The summed E-state index contributed by atoms with van der Waals surface area (Å²) in [4.78, 5) is 21.2. The van der Waals surface area contributed by atoms with Gasteiger partial charge in [0, 0.05) is 31.9 Å². The predicted molar refractivity (Wildman–Crippen MR) is 98.7 cm³/mol. The summed E-state index contributed by atoms with van der Waals surface area (Å²) in [6.07, 6.45) is 8.78. The van der Waals surface area contributed by atoms with Gasteiger partial charge in [-0.05, 0) is 32.3 Å². The monoisotopic (exact) mass is 365 g/mol. The van der Waals surface area contributed by atoms with Crippen LogP contribution in [0.15, 0.2) is 18.5 Å². The number of carbonyl (C=O) groups is 1. The Morgan fingerprint density at radius 1 is 1.24 bits per heavy atom. The zero-order valence-corrected chi connectivity index (χ0v) is 15.7. The molecule has 0 N–H and O–H groups in total. The van der Waals surface area contributed by atoms with Gasteiger partial charge in [-0.2, -0.15) is 0 Å². The minimum absolute atomic E-state index is 0.0752. The van der Waals surface area contributed by atoms with Gasteiger partial charge in [-0.25, -0.2) is 8.42 Å². The molecule has 1 aromatic rings. The Morgan fingerprint density at radius 2 is 1.96 bits per heavy atom. The highest BCUT2D eigenvalue weighted by atomic mass is 32.2. The van der Waals surface area contributed by atoms with E-state index >= 15 is 0 Å². The maximum atomic E-state index is 12.9. The first-order valence-corrected chi connectivity index (χ1v) is 11.0. The van der Waals surface area contributed by atoms with Crippen molar-refractivity contribution in [1.82, 2.24) is 9.88 Å². The molecule has 3 rings (SSSR count). The number of rotatable bonds is 4. The van der Waals surface area contributed by atoms with Crippen LogP contribution in [0.4, 0.5) is 5.69 Å². The fourth-order valence-corrected chi connectivity index (χ4v) is 5.53. The van der Waals surface area contributed by atoms with Gasteiger partial charge in [-0.15, -0.1) is 0 Å². The van der Waals surface area contributed by atoms with Gasteiger partial charge < -0.3 is 9.80 Å². The van der Waals surface area contributed by atoms with Crippen LogP contribution in [0, 0.1) is 0 Å². The van der Waals surface area contributed by atoms with Crippen LogP contribution in [0.1, 0.15) is 49.4 Å². The molecule has 1 atom stereocenters. The quantitative estimate of drug-likeness (QED) is 0.817. The second kappa shape index (κ2) is 7.72. The molecule has 0 spiro atoms. The number of pyridine rings is 1. The van der Waals surface area contributed by atoms with Crippen LogP contribution in [0.2, 0.25) is 0 Å². The average Bonchev–Trinajstić information content (AvgIpc) is 2.80. The first-order chi connectivity index (χ1) is 12.0. The van der Waals surface area contributed by atoms with Gasteiger partial charge in [0.15, 0.2) is 9.84 Å². The minimum atomic E-state index is -3.01. The summed E-state index contributed by atoms with van der Waals surface area (Å²) in [5, 5.41) is 0. The SMILES string of the molecule is CCN(C(=O)c1cncc(N2CCCCCC2)c1)C1CCS(=O)(=O)C1. The summed E-state index contributed by atoms with van der Waals surface area (Å²) >= 11 is 0. The third-order valence-corrected chi connectivity index (χ3v) is 6.94. The number of sulfone groups is 1. The van der Waals surface area contributed by atoms with E-state index in [0.29, 0.717) is 18.5 Å². The molecule has 2 fully saturated rings. The van der Waals surface area contributed by atoms with Gasteiger partial charge in [-0.3, -0.25) is 9.78 Å². The standard InChI is InChI=1S/C18H27N3O3S/c1-2-21(16-7-10-25(23,24)14-16)18(22)15-11-17(13-19-12-15)20-8-5-3-4-6-9-20/h11-13,16H,2-10,14H2,1H3. The molecule has 3 heterocycles. The number of hydrogen-bond acceptors (Lipinski definition) is 5. The molecule has 2 aliphatic heterocycles. The number of hydrogen-bond donors (Lipinski definition) is 0. The van der Waals surface area contributed by atoms with E-state index in [0.717, 1.165) is 18.8 Å². The van der Waals surface area contributed by atoms with Crippen molar-refractivity contribution in [3.63, 3.8) is 0 Å². The minimum Gasteiger partial charge on any atom is -0.370 e. The number of aromatic nitrogens is 1. The number of amides is 1. The van der Waals surface area contributed by atoms with Crippen molar-refractivity contribution in [2.75, 3.05) is 36.0 Å². The smallest absolute Gasteiger partial charge is 0.255 e. The van der Waals surface area contributed by atoms with Crippen LogP contribution in [-0.4, -0.2) is 61.4 Å². The summed E-state index contributed by atoms with van der Waals surface area (Å²) in [5.74, 6) is 0.132. The molecule has 7 heteroatoms. The lowest BCUT2D eigenvalue weighted by Crippen LogP contribution is -2.41. The van der Waals surface area contributed by atoms with Crippen molar-refractivity contribution in [3.8, 4) is 0 Å². The fraction of sp³-hybridized carbons (Fsp3) is 0.667. The number of nitrogens with zero attached hydrogens (tertiary/aromatic N) is 3. The second-order valence-electron chi connectivity index (χ2n) is 6.98. The summed E-state index contributed by atoms with van der Waals surface area (Å²) in [6.45, 7) is 4.40. The van der Waals surface area contributed by atoms with E-state index in [2.05, 4.69) is 9.88 Å². The highest BCUT2D eigenvalue weighted by Crippen LogP contribution is 2.23. The molecule has 0 aliphatic carbocycles. The molecule has 2 saturated heterocycles. The molecule has 0 bridgehead atoms. The lowest BCUT2D eigenvalue weighted by atomic mass is 10.1. The maximum absolute atomic E-state index is 12.9. The molecule has 2 aliphatic rings. The topological polar surface area (TPSA) is 70.6 Å². The van der Waals surface area contributed by atoms with Gasteiger partial charge in [0.2, 0.25) is 0 Å². The Labute approximate surface area is 150 Å². The van der Waals surface area contributed by atoms with Crippen molar-refractivity contribution in [2.45, 2.75) is 45.1 Å². The Kier molecular flexibility index (Phi) is 5.61. The summed E-state index contributed by atoms with van der Waals surface area (Å²) < 4.78 is 23.5. The number of carbonyl (C=O) groups excluding carboxylic acids is 1. The predicted octanol–water partition coefficient (Wildman–Crippen LogP) is 2.11. The van der Waals surface area contributed by atoms with E-state index in [-0.39, 0.29) is 23.5 Å². The molecule has 6 nitrogen and oxygen atoms in total. The first kappa shape index (κ1) is 18.2. The van der Waals surface area contributed by atoms with Crippen LogP contribution >= 0.6 is 0 Å². The fourth-order valence-electron chi connectivity index (χ4n) is 3.80. The Hall–Kier alpha value is -1.63. The van der Waals surface area contributed by atoms with Crippen molar-refractivity contribution in [1.29, 1.82) is 0 Å². The molecule has 25 heavy (non-hydrogen) atoms. The van der Waals surface area contributed by atoms with Gasteiger partial charge in [0.25, 0.3) is 5.91 Å². The van der Waals surface area contributed by atoms with E-state index in [1.807, 2.05) is 19.2 Å². The van der Waals surface area contributed by atoms with Crippen LogP contribution in [0.25, 0.3) is 0 Å². The molecule has 0 saturated carbocycles. The van der Waals surface area contributed by atoms with Crippen LogP contribution in [0.3, 0.4) is 0 Å². The summed E-state index contributed by atoms with van der Waals surface area (Å²) in [5.41, 5.74) is 1.54. The van der Waals surface area contributed by atoms with Gasteiger partial charge >= 0.3 is 0 Å². The molecule has 1 aromatic heterocycles. The molecule has 1 unspecified atom stereocenters. The van der Waals surface area contributed by atoms with E-state index in [1.54, 1.807) is 11.1 Å². The van der Waals surface area contributed by atoms with Gasteiger partial charge in [0.1, 0.15) is 0 Å². The van der Waals surface area contributed by atoms with Gasteiger partial charge in [0.05, 0.1) is 29.0 Å². The summed E-state index contributed by atoms with van der Waals surface area (Å²) in [6, 6.07) is 1.69. The molecular weight excluding hydrogens is 338 g/mol. The molecular formula is C18H27N3O3S. The lowest BCUT2D eigenvalue weighted by molar-refractivity contribution is 0.0708. The van der Waals surface area contributed by atoms with Crippen molar-refractivity contribution < 1.29 is 13.2 Å². The Morgan fingerprint density at radius 3 is 2.56 bits per heavy atom. The highest BCUT2D eigenvalue weighted by Gasteiger charge is 2.34. The van der Waals surface area contributed by atoms with E-state index in [1.165, 1.54) is 25.7 Å². The van der Waals surface area contributed by atoms with E-state index in [4.69, 9.17) is 0 Å². The molecule has 0 radical (unpaired) electrons. The van der Waals surface area contributed by atoms with E-state index in [9.17, 15) is 13.2 Å². The average molecular weight is 365 g/mol. The summed E-state index contributed by atoms with van der Waals surface area (Å²) in [7, 11) is -3.01. The van der Waals surface area contributed by atoms with Crippen molar-refractivity contribution >= 4 is 21.4 Å². The van der Waals surface area contributed by atoms with Crippen molar-refractivity contribution in [2.24, 2.45) is 0 Å².